The Morgan fingerprint density at radius 1 is 1.09 bits per heavy atom. The number of nitrogens with zero attached hydrogens (tertiary/aromatic N) is 3. The van der Waals surface area contributed by atoms with E-state index in [2.05, 4.69) is 31.1 Å². The van der Waals surface area contributed by atoms with E-state index < -0.39 is 12.0 Å². The van der Waals surface area contributed by atoms with Gasteiger partial charge in [0.25, 0.3) is 5.91 Å². The Morgan fingerprint density at radius 2 is 1.84 bits per heavy atom. The summed E-state index contributed by atoms with van der Waals surface area (Å²) in [6.45, 7) is 0. The Bertz CT molecular complexity index is 1090. The first-order chi connectivity index (χ1) is 15.5. The third-order valence-corrected chi connectivity index (χ3v) is 5.31. The van der Waals surface area contributed by atoms with Gasteiger partial charge in [-0.1, -0.05) is 18.0 Å². The number of nitrogens with one attached hydrogen (secondary N) is 3. The quantitative estimate of drug-likeness (QED) is 0.373. The van der Waals surface area contributed by atoms with Crippen LogP contribution < -0.4 is 21.7 Å². The Labute approximate surface area is 183 Å². The van der Waals surface area contributed by atoms with E-state index in [1.807, 2.05) is 24.3 Å². The van der Waals surface area contributed by atoms with Crippen LogP contribution in [0, 0.1) is 0 Å². The highest BCUT2D eigenvalue weighted by Gasteiger charge is 2.27. The molecule has 0 saturated heterocycles. The fraction of sp³-hybridized carbons (Fsp3) is 0.286. The second-order valence-electron chi connectivity index (χ2n) is 7.49. The summed E-state index contributed by atoms with van der Waals surface area (Å²) < 4.78 is 5.15. The number of nitrogens with two attached hydrogens (primary N) is 1. The minimum atomic E-state index is -1.06. The number of aromatic nitrogens is 3. The van der Waals surface area contributed by atoms with Crippen LogP contribution in [0.5, 0.6) is 0 Å². The van der Waals surface area contributed by atoms with Gasteiger partial charge in [-0.05, 0) is 37.1 Å². The van der Waals surface area contributed by atoms with Gasteiger partial charge in [0.2, 0.25) is 5.95 Å². The number of primary amides is 1. The minimum absolute atomic E-state index is 0.138. The molecular formula is C21H23N7O4. The van der Waals surface area contributed by atoms with Gasteiger partial charge in [0.05, 0.1) is 12.2 Å². The summed E-state index contributed by atoms with van der Waals surface area (Å²) in [4.78, 5) is 31.6. The van der Waals surface area contributed by atoms with Gasteiger partial charge in [0, 0.05) is 29.6 Å². The van der Waals surface area contributed by atoms with E-state index in [0.29, 0.717) is 11.4 Å². The van der Waals surface area contributed by atoms with E-state index in [0.717, 1.165) is 31.2 Å². The van der Waals surface area contributed by atoms with Crippen molar-refractivity contribution in [2.75, 3.05) is 10.6 Å². The van der Waals surface area contributed by atoms with Crippen LogP contribution in [0.25, 0.3) is 11.3 Å². The maximum absolute atomic E-state index is 11.9. The smallest absolute Gasteiger partial charge is 0.404 e. The number of benzene rings is 1. The predicted molar refractivity (Wildman–Crippen MR) is 117 cm³/mol. The van der Waals surface area contributed by atoms with Gasteiger partial charge < -0.3 is 31.3 Å². The zero-order chi connectivity index (χ0) is 22.5. The number of hydrogen-bond donors (Lipinski definition) is 5. The van der Waals surface area contributed by atoms with Crippen molar-refractivity contribution >= 4 is 29.5 Å². The maximum atomic E-state index is 11.9. The van der Waals surface area contributed by atoms with Crippen LogP contribution in [0.15, 0.2) is 47.2 Å². The average molecular weight is 437 g/mol. The van der Waals surface area contributed by atoms with Crippen LogP contribution in [-0.2, 0) is 0 Å². The van der Waals surface area contributed by atoms with E-state index in [-0.39, 0.29) is 29.4 Å². The lowest BCUT2D eigenvalue weighted by Crippen LogP contribution is -2.48. The first-order valence-electron chi connectivity index (χ1n) is 10.2. The summed E-state index contributed by atoms with van der Waals surface area (Å²) in [6.07, 6.45) is 5.28. The van der Waals surface area contributed by atoms with Crippen molar-refractivity contribution in [1.29, 1.82) is 0 Å². The molecule has 32 heavy (non-hydrogen) atoms. The maximum Gasteiger partial charge on any atom is 0.404 e. The summed E-state index contributed by atoms with van der Waals surface area (Å²) >= 11 is 0. The lowest BCUT2D eigenvalue weighted by Gasteiger charge is -2.32. The molecule has 0 spiro atoms. The second kappa shape index (κ2) is 9.33. The molecule has 0 bridgehead atoms. The van der Waals surface area contributed by atoms with Crippen LogP contribution >= 0.6 is 0 Å². The molecule has 3 aromatic rings. The lowest BCUT2D eigenvalue weighted by atomic mass is 9.90. The molecule has 0 unspecified atom stereocenters. The highest BCUT2D eigenvalue weighted by atomic mass is 16.5. The second-order valence-corrected chi connectivity index (χ2v) is 7.49. The summed E-state index contributed by atoms with van der Waals surface area (Å²) in [5, 5.41) is 21.6. The molecule has 2 atom stereocenters. The number of carbonyl (C=O) groups is 2. The number of hydrogen-bond acceptors (Lipinski definition) is 8. The van der Waals surface area contributed by atoms with Crippen molar-refractivity contribution in [1.82, 2.24) is 20.4 Å². The van der Waals surface area contributed by atoms with E-state index in [4.69, 9.17) is 15.4 Å². The van der Waals surface area contributed by atoms with Gasteiger partial charge in [-0.2, -0.15) is 4.98 Å². The highest BCUT2D eigenvalue weighted by molar-refractivity contribution is 5.98. The molecular weight excluding hydrogens is 414 g/mol. The summed E-state index contributed by atoms with van der Waals surface area (Å²) in [5.41, 5.74) is 7.16. The molecule has 4 rings (SSSR count). The Hall–Kier alpha value is -4.15. The fourth-order valence-electron chi connectivity index (χ4n) is 3.75. The number of amides is 2. The van der Waals surface area contributed by atoms with Crippen LogP contribution in [0.2, 0.25) is 0 Å². The Balaban J connectivity index is 1.54. The van der Waals surface area contributed by atoms with Crippen LogP contribution in [-0.4, -0.2) is 44.3 Å². The third-order valence-electron chi connectivity index (χ3n) is 5.31. The standard InChI is InChI=1S/C21H23N7O4/c22-18(29)14-11-23-20(26-15-3-1-2-4-16(15)27-21(30)31)28-19(14)25-13-7-5-12(6-8-13)17-9-10-24-32-17/h5-11,15-16,27H,1-4H2,(H2,22,29)(H,30,31)(H2,23,25,26,28)/t15-,16+/m1/s1. The van der Waals surface area contributed by atoms with Gasteiger partial charge in [0.15, 0.2) is 5.76 Å². The number of rotatable bonds is 7. The van der Waals surface area contributed by atoms with E-state index in [1.54, 1.807) is 12.3 Å². The predicted octanol–water partition coefficient (Wildman–Crippen LogP) is 2.96. The molecule has 166 valence electrons. The Morgan fingerprint density at radius 3 is 2.50 bits per heavy atom. The van der Waals surface area contributed by atoms with Gasteiger partial charge in [-0.25, -0.2) is 9.78 Å². The van der Waals surface area contributed by atoms with Crippen LogP contribution in [0.3, 0.4) is 0 Å². The average Bonchev–Trinajstić information content (AvgIpc) is 3.30. The van der Waals surface area contributed by atoms with Crippen molar-refractivity contribution < 1.29 is 19.2 Å². The molecule has 1 aliphatic carbocycles. The third kappa shape index (κ3) is 4.94. The number of carbonyl (C=O) groups excluding carboxylic acids is 1. The first-order valence-corrected chi connectivity index (χ1v) is 10.2. The molecule has 1 aromatic carbocycles. The summed E-state index contributed by atoms with van der Waals surface area (Å²) in [7, 11) is 0. The monoisotopic (exact) mass is 437 g/mol. The van der Waals surface area contributed by atoms with Crippen LogP contribution in [0.4, 0.5) is 22.2 Å². The van der Waals surface area contributed by atoms with E-state index in [9.17, 15) is 9.59 Å². The molecule has 0 radical (unpaired) electrons. The topological polar surface area (TPSA) is 168 Å². The summed E-state index contributed by atoms with van der Waals surface area (Å²) in [6, 6.07) is 8.66. The van der Waals surface area contributed by atoms with Crippen molar-refractivity contribution in [3.8, 4) is 11.3 Å². The zero-order valence-corrected chi connectivity index (χ0v) is 17.1. The minimum Gasteiger partial charge on any atom is -0.465 e. The normalized spacial score (nSPS) is 18.0. The molecule has 11 nitrogen and oxygen atoms in total. The van der Waals surface area contributed by atoms with Crippen molar-refractivity contribution in [3.05, 3.63) is 48.3 Å². The highest BCUT2D eigenvalue weighted by Crippen LogP contribution is 2.25. The van der Waals surface area contributed by atoms with E-state index in [1.165, 1.54) is 6.20 Å². The first kappa shape index (κ1) is 21.1. The zero-order valence-electron chi connectivity index (χ0n) is 17.1. The molecule has 1 fully saturated rings. The largest absolute Gasteiger partial charge is 0.465 e. The fourth-order valence-corrected chi connectivity index (χ4v) is 3.75. The van der Waals surface area contributed by atoms with Gasteiger partial charge in [-0.3, -0.25) is 4.79 Å². The van der Waals surface area contributed by atoms with E-state index >= 15 is 0 Å². The molecule has 2 amide bonds. The van der Waals surface area contributed by atoms with Crippen molar-refractivity contribution in [3.63, 3.8) is 0 Å². The Kier molecular flexibility index (Phi) is 6.15. The van der Waals surface area contributed by atoms with Crippen molar-refractivity contribution in [2.24, 2.45) is 5.73 Å². The van der Waals surface area contributed by atoms with Crippen molar-refractivity contribution in [2.45, 2.75) is 37.8 Å². The van der Waals surface area contributed by atoms with Crippen LogP contribution in [0.1, 0.15) is 36.0 Å². The number of carboxylic acid groups (broad SMARTS) is 1. The molecule has 1 aliphatic rings. The SMILES string of the molecule is NC(=O)c1cnc(N[C@@H]2CCCC[C@@H]2NC(=O)O)nc1Nc1ccc(-c2ccno2)cc1. The van der Waals surface area contributed by atoms with Gasteiger partial charge in [-0.15, -0.1) is 0 Å². The molecule has 2 aromatic heterocycles. The molecule has 11 heteroatoms. The van der Waals surface area contributed by atoms with Gasteiger partial charge >= 0.3 is 6.09 Å². The number of anilines is 3. The summed E-state index contributed by atoms with van der Waals surface area (Å²) in [5.74, 6) is 0.501. The molecule has 0 aliphatic heterocycles. The molecule has 1 saturated carbocycles. The molecule has 2 heterocycles. The van der Waals surface area contributed by atoms with Gasteiger partial charge in [0.1, 0.15) is 11.4 Å². The lowest BCUT2D eigenvalue weighted by molar-refractivity contribution is 0.100. The molecule has 6 N–H and O–H groups in total.